The second kappa shape index (κ2) is 12.0. The first-order valence-electron chi connectivity index (χ1n) is 11.7. The van der Waals surface area contributed by atoms with E-state index in [1.807, 2.05) is 30.5 Å². The summed E-state index contributed by atoms with van der Waals surface area (Å²) < 4.78 is 12.5. The van der Waals surface area contributed by atoms with E-state index in [1.54, 1.807) is 38.6 Å². The van der Waals surface area contributed by atoms with Crippen LogP contribution in [0.1, 0.15) is 37.9 Å². The van der Waals surface area contributed by atoms with Gasteiger partial charge in [-0.25, -0.2) is 14.6 Å². The monoisotopic (exact) mass is 606 g/mol. The van der Waals surface area contributed by atoms with E-state index in [9.17, 15) is 14.4 Å². The summed E-state index contributed by atoms with van der Waals surface area (Å²) in [7, 11) is 0. The molecular weight excluding hydrogens is 583 g/mol. The van der Waals surface area contributed by atoms with Gasteiger partial charge in [0.1, 0.15) is 0 Å². The lowest BCUT2D eigenvalue weighted by atomic mass is 9.96. The Balaban J connectivity index is 1.86. The van der Waals surface area contributed by atoms with Gasteiger partial charge in [-0.3, -0.25) is 9.36 Å². The van der Waals surface area contributed by atoms with Crippen molar-refractivity contribution in [3.05, 3.63) is 88.5 Å². The Labute approximate surface area is 242 Å². The number of aromatic nitrogens is 1. The molecule has 204 valence electrons. The van der Waals surface area contributed by atoms with E-state index < -0.39 is 24.6 Å². The Morgan fingerprint density at radius 1 is 1.21 bits per heavy atom. The summed E-state index contributed by atoms with van der Waals surface area (Å²) in [5.74, 6) is -1.66. The van der Waals surface area contributed by atoms with Crippen molar-refractivity contribution in [1.82, 2.24) is 4.57 Å². The summed E-state index contributed by atoms with van der Waals surface area (Å²) in [6, 6.07) is 9.98. The molecule has 3 aromatic rings. The third-order valence-electron chi connectivity index (χ3n) is 5.67. The van der Waals surface area contributed by atoms with Gasteiger partial charge in [-0.05, 0) is 68.5 Å². The molecule has 0 aliphatic carbocycles. The molecule has 1 aliphatic rings. The van der Waals surface area contributed by atoms with Gasteiger partial charge in [-0.15, -0.1) is 11.8 Å². The first-order chi connectivity index (χ1) is 18.5. The van der Waals surface area contributed by atoms with Crippen LogP contribution in [0.4, 0.5) is 0 Å². The molecule has 0 unspecified atom stereocenters. The third kappa shape index (κ3) is 6.24. The number of nitrogens with zero attached hydrogens (tertiary/aromatic N) is 2. The number of ether oxygens (including phenoxy) is 2. The van der Waals surface area contributed by atoms with Gasteiger partial charge in [0.05, 0.1) is 38.0 Å². The van der Waals surface area contributed by atoms with Gasteiger partial charge in [0.15, 0.2) is 17.2 Å². The minimum atomic E-state index is -1.17. The average molecular weight is 608 g/mol. The standard InChI is InChI=1S/C27H24Cl2N2O6S2/c1-13(2)37-26(35)22-14(3)30-27-31(23(22)16-5-7-17(38-4)8-6-16)25(34)20(39-27)11-15-9-18(28)24(19(29)10-15)36-12-21(32)33/h5-11,13,23H,12H2,1-4H3,(H,32,33)/b20-11-/t23-/m1/s1. The Kier molecular flexibility index (Phi) is 8.90. The van der Waals surface area contributed by atoms with Gasteiger partial charge in [-0.2, -0.15) is 0 Å². The van der Waals surface area contributed by atoms with Crippen molar-refractivity contribution in [3.63, 3.8) is 0 Å². The quantitative estimate of drug-likeness (QED) is 0.293. The fraction of sp³-hybridized carbons (Fsp3) is 0.259. The molecule has 0 bridgehead atoms. The highest BCUT2D eigenvalue weighted by Gasteiger charge is 2.33. The number of allylic oxidation sites excluding steroid dienone is 1. The molecule has 39 heavy (non-hydrogen) atoms. The van der Waals surface area contributed by atoms with Crippen LogP contribution in [-0.4, -0.2) is 40.6 Å². The van der Waals surface area contributed by atoms with Crippen LogP contribution >= 0.6 is 46.3 Å². The van der Waals surface area contributed by atoms with Gasteiger partial charge in [0.25, 0.3) is 5.56 Å². The van der Waals surface area contributed by atoms with Gasteiger partial charge < -0.3 is 14.6 Å². The molecule has 0 saturated carbocycles. The molecule has 0 fully saturated rings. The largest absolute Gasteiger partial charge is 0.479 e. The van der Waals surface area contributed by atoms with Crippen molar-refractivity contribution in [1.29, 1.82) is 0 Å². The highest BCUT2D eigenvalue weighted by Crippen LogP contribution is 2.35. The van der Waals surface area contributed by atoms with Gasteiger partial charge in [0, 0.05) is 4.90 Å². The number of aliphatic carboxylic acids is 1. The molecule has 0 radical (unpaired) electrons. The maximum atomic E-state index is 13.8. The third-order valence-corrected chi connectivity index (χ3v) is 7.96. The molecule has 8 nitrogen and oxygen atoms in total. The lowest BCUT2D eigenvalue weighted by Crippen LogP contribution is -2.40. The number of thiazole rings is 1. The number of rotatable bonds is 8. The van der Waals surface area contributed by atoms with Crippen molar-refractivity contribution in [2.45, 2.75) is 37.8 Å². The van der Waals surface area contributed by atoms with Crippen LogP contribution < -0.4 is 19.6 Å². The number of hydrogen-bond donors (Lipinski definition) is 1. The second-order valence-electron chi connectivity index (χ2n) is 8.81. The predicted octanol–water partition coefficient (Wildman–Crippen LogP) is 4.68. The average Bonchev–Trinajstić information content (AvgIpc) is 3.16. The van der Waals surface area contributed by atoms with Crippen molar-refractivity contribution < 1.29 is 24.2 Å². The molecule has 1 N–H and O–H groups in total. The van der Waals surface area contributed by atoms with Crippen molar-refractivity contribution in [3.8, 4) is 5.75 Å². The SMILES string of the molecule is CSc1ccc([C@@H]2C(C(=O)OC(C)C)=C(C)N=c3s/c(=C\c4cc(Cl)c(OCC(=O)O)c(Cl)c4)c(=O)n32)cc1. The number of carboxylic acid groups (broad SMARTS) is 1. The Morgan fingerprint density at radius 3 is 2.41 bits per heavy atom. The summed E-state index contributed by atoms with van der Waals surface area (Å²) in [6.45, 7) is 4.65. The highest BCUT2D eigenvalue weighted by atomic mass is 35.5. The molecule has 0 amide bonds. The van der Waals surface area contributed by atoms with Crippen molar-refractivity contribution >= 4 is 64.3 Å². The molecule has 0 saturated heterocycles. The molecule has 2 heterocycles. The van der Waals surface area contributed by atoms with Gasteiger partial charge >= 0.3 is 11.9 Å². The molecule has 12 heteroatoms. The number of esters is 1. The second-order valence-corrected chi connectivity index (χ2v) is 11.5. The number of benzene rings is 2. The minimum absolute atomic E-state index is 0.0389. The number of thioether (sulfide) groups is 1. The smallest absolute Gasteiger partial charge is 0.341 e. The lowest BCUT2D eigenvalue weighted by molar-refractivity contribution is -0.143. The first-order valence-corrected chi connectivity index (χ1v) is 14.5. The van der Waals surface area contributed by atoms with E-state index in [2.05, 4.69) is 4.99 Å². The van der Waals surface area contributed by atoms with Crippen LogP contribution in [0.2, 0.25) is 10.0 Å². The number of hydrogen-bond acceptors (Lipinski definition) is 8. The fourth-order valence-corrected chi connectivity index (χ4v) is 6.12. The first kappa shape index (κ1) is 28.9. The molecular formula is C27H24Cl2N2O6S2. The topological polar surface area (TPSA) is 107 Å². The van der Waals surface area contributed by atoms with Crippen molar-refractivity contribution in [2.24, 2.45) is 4.99 Å². The number of carbonyl (C=O) groups excluding carboxylic acids is 1. The van der Waals surface area contributed by atoms with E-state index in [4.69, 9.17) is 37.8 Å². The number of carbonyl (C=O) groups is 2. The Hall–Kier alpha value is -3.05. The summed E-state index contributed by atoms with van der Waals surface area (Å²) in [5.41, 5.74) is 1.67. The molecule has 2 aromatic carbocycles. The number of fused-ring (bicyclic) bond motifs is 1. The predicted molar refractivity (Wildman–Crippen MR) is 153 cm³/mol. The lowest BCUT2D eigenvalue weighted by Gasteiger charge is -2.25. The van der Waals surface area contributed by atoms with E-state index >= 15 is 0 Å². The maximum absolute atomic E-state index is 13.8. The van der Waals surface area contributed by atoms with Crippen LogP contribution in [0.5, 0.6) is 5.75 Å². The molecule has 4 rings (SSSR count). The minimum Gasteiger partial charge on any atom is -0.479 e. The maximum Gasteiger partial charge on any atom is 0.341 e. The van der Waals surface area contributed by atoms with E-state index in [-0.39, 0.29) is 27.5 Å². The molecule has 1 atom stereocenters. The van der Waals surface area contributed by atoms with E-state index in [0.29, 0.717) is 26.2 Å². The Morgan fingerprint density at radius 2 is 1.85 bits per heavy atom. The molecule has 1 aliphatic heterocycles. The summed E-state index contributed by atoms with van der Waals surface area (Å²) in [5, 5.41) is 9.07. The number of carboxylic acids is 1. The van der Waals surface area contributed by atoms with Crippen LogP contribution in [0, 0.1) is 0 Å². The zero-order valence-corrected chi connectivity index (χ0v) is 24.5. The van der Waals surface area contributed by atoms with Crippen molar-refractivity contribution in [2.75, 3.05) is 12.9 Å². The van der Waals surface area contributed by atoms with E-state index in [0.717, 1.165) is 10.5 Å². The molecule has 0 spiro atoms. The zero-order chi connectivity index (χ0) is 28.4. The van der Waals surface area contributed by atoms with Gasteiger partial charge in [0.2, 0.25) is 0 Å². The summed E-state index contributed by atoms with van der Waals surface area (Å²) in [4.78, 5) is 43.9. The summed E-state index contributed by atoms with van der Waals surface area (Å²) >= 11 is 15.3. The van der Waals surface area contributed by atoms with Crippen LogP contribution in [0.15, 0.2) is 62.4 Å². The Bertz CT molecular complexity index is 1640. The van der Waals surface area contributed by atoms with Crippen LogP contribution in [0.3, 0.4) is 0 Å². The van der Waals surface area contributed by atoms with Crippen LogP contribution in [-0.2, 0) is 14.3 Å². The fourth-order valence-electron chi connectivity index (χ4n) is 4.05. The number of halogens is 2. The highest BCUT2D eigenvalue weighted by molar-refractivity contribution is 7.98. The normalized spacial score (nSPS) is 15.3. The summed E-state index contributed by atoms with van der Waals surface area (Å²) in [6.07, 6.45) is 3.23. The van der Waals surface area contributed by atoms with Crippen LogP contribution in [0.25, 0.3) is 6.08 Å². The molecule has 1 aromatic heterocycles. The zero-order valence-electron chi connectivity index (χ0n) is 21.4. The van der Waals surface area contributed by atoms with E-state index in [1.165, 1.54) is 28.0 Å². The van der Waals surface area contributed by atoms with Gasteiger partial charge in [-0.1, -0.05) is 46.7 Å².